The molecule has 0 radical (unpaired) electrons. The number of benzene rings is 2. The summed E-state index contributed by atoms with van der Waals surface area (Å²) in [5, 5.41) is 0.956. The smallest absolute Gasteiger partial charge is 0.310 e. The number of carbonyl (C=O) groups excluding carboxylic acids is 2. The summed E-state index contributed by atoms with van der Waals surface area (Å²) in [5.74, 6) is 0.0588. The van der Waals surface area contributed by atoms with Gasteiger partial charge in [0.2, 0.25) is 0 Å². The van der Waals surface area contributed by atoms with Gasteiger partial charge in [-0.15, -0.1) is 11.3 Å². The Hall–Kier alpha value is -2.93. The maximum Gasteiger partial charge on any atom is 0.310 e. The predicted octanol–water partition coefficient (Wildman–Crippen LogP) is 4.14. The minimum atomic E-state index is -0.240. The van der Waals surface area contributed by atoms with Crippen LogP contribution in [0.4, 0.5) is 0 Å². The Labute approximate surface area is 179 Å². The summed E-state index contributed by atoms with van der Waals surface area (Å²) in [4.78, 5) is 30.8. The molecule has 4 rings (SSSR count). The highest BCUT2D eigenvalue weighted by molar-refractivity contribution is 7.21. The first-order valence-corrected chi connectivity index (χ1v) is 11.0. The summed E-state index contributed by atoms with van der Waals surface area (Å²) in [6, 6.07) is 15.7. The van der Waals surface area contributed by atoms with E-state index in [1.54, 1.807) is 23.2 Å². The lowest BCUT2D eigenvalue weighted by atomic mass is 9.98. The SMILES string of the molecule is CCOC(=O)C1CCCN(C(=O)COc2ccc(-c3nc4ccccc4s3)cc2)C1. The van der Waals surface area contributed by atoms with E-state index in [0.29, 0.717) is 25.4 Å². The van der Waals surface area contributed by atoms with Crippen LogP contribution in [0.1, 0.15) is 19.8 Å². The molecule has 0 saturated carbocycles. The molecule has 156 valence electrons. The highest BCUT2D eigenvalue weighted by Gasteiger charge is 2.29. The van der Waals surface area contributed by atoms with Crippen molar-refractivity contribution in [3.8, 4) is 16.3 Å². The molecule has 1 aromatic heterocycles. The Bertz CT molecular complexity index is 998. The van der Waals surface area contributed by atoms with Crippen LogP contribution in [0.15, 0.2) is 48.5 Å². The number of para-hydroxylation sites is 1. The molecule has 1 unspecified atom stereocenters. The monoisotopic (exact) mass is 424 g/mol. The first-order valence-electron chi connectivity index (χ1n) is 10.2. The van der Waals surface area contributed by atoms with Crippen molar-refractivity contribution >= 4 is 33.4 Å². The number of amides is 1. The third kappa shape index (κ3) is 4.62. The third-order valence-corrected chi connectivity index (χ3v) is 6.24. The number of thiazole rings is 1. The molecule has 1 atom stereocenters. The van der Waals surface area contributed by atoms with Gasteiger partial charge in [-0.05, 0) is 56.2 Å². The van der Waals surface area contributed by atoms with Gasteiger partial charge in [-0.2, -0.15) is 0 Å². The van der Waals surface area contributed by atoms with Crippen molar-refractivity contribution in [2.75, 3.05) is 26.3 Å². The van der Waals surface area contributed by atoms with Crippen LogP contribution in [-0.4, -0.2) is 48.1 Å². The van der Waals surface area contributed by atoms with Crippen molar-refractivity contribution in [1.29, 1.82) is 0 Å². The van der Waals surface area contributed by atoms with Gasteiger partial charge in [-0.1, -0.05) is 12.1 Å². The molecule has 1 fully saturated rings. The minimum absolute atomic E-state index is 0.0456. The van der Waals surface area contributed by atoms with Crippen LogP contribution in [0, 0.1) is 5.92 Å². The molecule has 1 amide bonds. The summed E-state index contributed by atoms with van der Waals surface area (Å²) >= 11 is 1.65. The topological polar surface area (TPSA) is 68.7 Å². The molecule has 1 aliphatic heterocycles. The van der Waals surface area contributed by atoms with E-state index in [4.69, 9.17) is 9.47 Å². The molecular formula is C23H24N2O4S. The molecule has 7 heteroatoms. The molecule has 1 aliphatic rings. The van der Waals surface area contributed by atoms with E-state index in [2.05, 4.69) is 11.1 Å². The summed E-state index contributed by atoms with van der Waals surface area (Å²) in [6.07, 6.45) is 1.56. The van der Waals surface area contributed by atoms with Crippen molar-refractivity contribution in [1.82, 2.24) is 9.88 Å². The van der Waals surface area contributed by atoms with Crippen LogP contribution in [0.2, 0.25) is 0 Å². The third-order valence-electron chi connectivity index (χ3n) is 5.15. The van der Waals surface area contributed by atoms with E-state index >= 15 is 0 Å². The Balaban J connectivity index is 1.33. The number of fused-ring (bicyclic) bond motifs is 1. The molecule has 0 bridgehead atoms. The number of piperidine rings is 1. The second kappa shape index (κ2) is 9.26. The Morgan fingerprint density at radius 1 is 1.17 bits per heavy atom. The Morgan fingerprint density at radius 2 is 1.97 bits per heavy atom. The fourth-order valence-corrected chi connectivity index (χ4v) is 4.55. The molecule has 0 N–H and O–H groups in total. The van der Waals surface area contributed by atoms with E-state index in [9.17, 15) is 9.59 Å². The van der Waals surface area contributed by atoms with Crippen molar-refractivity contribution in [2.45, 2.75) is 19.8 Å². The van der Waals surface area contributed by atoms with Crippen LogP contribution >= 0.6 is 11.3 Å². The average molecular weight is 425 g/mol. The lowest BCUT2D eigenvalue weighted by Gasteiger charge is -2.31. The average Bonchev–Trinajstić information content (AvgIpc) is 3.22. The zero-order valence-corrected chi connectivity index (χ0v) is 17.7. The van der Waals surface area contributed by atoms with Gasteiger partial charge in [-0.25, -0.2) is 4.98 Å². The number of rotatable bonds is 6. The van der Waals surface area contributed by atoms with Crippen molar-refractivity contribution in [3.63, 3.8) is 0 Å². The Kier molecular flexibility index (Phi) is 6.28. The van der Waals surface area contributed by atoms with Gasteiger partial charge < -0.3 is 14.4 Å². The van der Waals surface area contributed by atoms with E-state index in [1.807, 2.05) is 42.5 Å². The highest BCUT2D eigenvalue weighted by Crippen LogP contribution is 2.30. The Morgan fingerprint density at radius 3 is 2.73 bits per heavy atom. The zero-order chi connectivity index (χ0) is 20.9. The second-order valence-electron chi connectivity index (χ2n) is 7.23. The number of esters is 1. The first-order chi connectivity index (χ1) is 14.6. The molecule has 0 spiro atoms. The quantitative estimate of drug-likeness (QED) is 0.556. The van der Waals surface area contributed by atoms with Crippen molar-refractivity contribution < 1.29 is 19.1 Å². The first kappa shape index (κ1) is 20.3. The normalized spacial score (nSPS) is 16.4. The second-order valence-corrected chi connectivity index (χ2v) is 8.26. The maximum atomic E-state index is 12.5. The number of likely N-dealkylation sites (tertiary alicyclic amines) is 1. The standard InChI is InChI=1S/C23H24N2O4S/c1-2-28-23(27)17-6-5-13-25(14-17)21(26)15-29-18-11-9-16(10-12-18)22-24-19-7-3-4-8-20(19)30-22/h3-4,7-12,17H,2,5-6,13-15H2,1H3. The highest BCUT2D eigenvalue weighted by atomic mass is 32.1. The summed E-state index contributed by atoms with van der Waals surface area (Å²) < 4.78 is 11.9. The van der Waals surface area contributed by atoms with Gasteiger partial charge in [-0.3, -0.25) is 9.59 Å². The van der Waals surface area contributed by atoms with E-state index < -0.39 is 0 Å². The van der Waals surface area contributed by atoms with Crippen LogP contribution < -0.4 is 4.74 Å². The van der Waals surface area contributed by atoms with Gasteiger partial charge >= 0.3 is 5.97 Å². The van der Waals surface area contributed by atoms with E-state index in [1.165, 1.54) is 0 Å². The van der Waals surface area contributed by atoms with E-state index in [-0.39, 0.29) is 24.4 Å². The van der Waals surface area contributed by atoms with Gasteiger partial charge in [0, 0.05) is 18.7 Å². The summed E-state index contributed by atoms with van der Waals surface area (Å²) in [5.41, 5.74) is 2.01. The number of ether oxygens (including phenoxy) is 2. The summed E-state index contributed by atoms with van der Waals surface area (Å²) in [6.45, 7) is 3.15. The van der Waals surface area contributed by atoms with Gasteiger partial charge in [0.25, 0.3) is 5.91 Å². The van der Waals surface area contributed by atoms with Crippen LogP contribution in [-0.2, 0) is 14.3 Å². The predicted molar refractivity (Wildman–Crippen MR) is 116 cm³/mol. The van der Waals surface area contributed by atoms with Crippen molar-refractivity contribution in [3.05, 3.63) is 48.5 Å². The minimum Gasteiger partial charge on any atom is -0.484 e. The largest absolute Gasteiger partial charge is 0.484 e. The number of hydrogen-bond acceptors (Lipinski definition) is 6. The van der Waals surface area contributed by atoms with Crippen molar-refractivity contribution in [2.24, 2.45) is 5.92 Å². The molecule has 3 aromatic rings. The molecule has 0 aliphatic carbocycles. The lowest BCUT2D eigenvalue weighted by molar-refractivity contribution is -0.151. The molecule has 2 aromatic carbocycles. The number of aromatic nitrogens is 1. The number of carbonyl (C=O) groups is 2. The fourth-order valence-electron chi connectivity index (χ4n) is 3.58. The van der Waals surface area contributed by atoms with Crippen LogP contribution in [0.25, 0.3) is 20.8 Å². The van der Waals surface area contributed by atoms with Crippen LogP contribution in [0.3, 0.4) is 0 Å². The van der Waals surface area contributed by atoms with Gasteiger partial charge in [0.15, 0.2) is 6.61 Å². The maximum absolute atomic E-state index is 12.5. The van der Waals surface area contributed by atoms with E-state index in [0.717, 1.165) is 33.6 Å². The molecule has 2 heterocycles. The molecule has 30 heavy (non-hydrogen) atoms. The summed E-state index contributed by atoms with van der Waals surface area (Å²) in [7, 11) is 0. The van der Waals surface area contributed by atoms with Gasteiger partial charge in [0.05, 0.1) is 22.7 Å². The lowest BCUT2D eigenvalue weighted by Crippen LogP contribution is -2.44. The zero-order valence-electron chi connectivity index (χ0n) is 16.9. The molecular weight excluding hydrogens is 400 g/mol. The van der Waals surface area contributed by atoms with Crippen LogP contribution in [0.5, 0.6) is 5.75 Å². The fraction of sp³-hybridized carbons (Fsp3) is 0.348. The number of nitrogens with zero attached hydrogens (tertiary/aromatic N) is 2. The van der Waals surface area contributed by atoms with Gasteiger partial charge in [0.1, 0.15) is 10.8 Å². The molecule has 1 saturated heterocycles. The number of hydrogen-bond donors (Lipinski definition) is 0. The molecule has 6 nitrogen and oxygen atoms in total.